The molecule has 86 valence electrons. The monoisotopic (exact) mass is 234 g/mol. The maximum atomic E-state index is 11.1. The molecule has 0 amide bonds. The van der Waals surface area contributed by atoms with E-state index in [-0.39, 0.29) is 5.41 Å². The molecule has 0 atom stereocenters. The third-order valence-electron chi connectivity index (χ3n) is 3.64. The fraction of sp³-hybridized carbons (Fsp3) is 0.500. The van der Waals surface area contributed by atoms with Gasteiger partial charge in [-0.05, 0) is 24.7 Å². The number of thioether (sulfide) groups is 1. The number of benzene rings is 1. The Morgan fingerprint density at radius 2 is 2.00 bits per heavy atom. The smallest absolute Gasteiger partial charge is 0.150 e. The summed E-state index contributed by atoms with van der Waals surface area (Å²) >= 11 is 1.90. The van der Waals surface area contributed by atoms with Gasteiger partial charge in [-0.2, -0.15) is 11.8 Å². The molecule has 1 aromatic carbocycles. The van der Waals surface area contributed by atoms with Gasteiger partial charge in [0.05, 0.1) is 0 Å². The Bertz CT molecular complexity index is 367. The lowest BCUT2D eigenvalue weighted by Crippen LogP contribution is -2.26. The normalized spacial score (nSPS) is 18.6. The molecule has 0 aliphatic heterocycles. The van der Waals surface area contributed by atoms with Crippen molar-refractivity contribution in [3.05, 3.63) is 35.4 Å². The molecule has 2 heteroatoms. The second-order valence-electron chi connectivity index (χ2n) is 4.63. The van der Waals surface area contributed by atoms with E-state index in [4.69, 9.17) is 0 Å². The van der Waals surface area contributed by atoms with Gasteiger partial charge in [-0.25, -0.2) is 0 Å². The van der Waals surface area contributed by atoms with Crippen LogP contribution >= 0.6 is 11.8 Å². The van der Waals surface area contributed by atoms with Gasteiger partial charge in [0, 0.05) is 16.7 Å². The van der Waals surface area contributed by atoms with Gasteiger partial charge in [-0.3, -0.25) is 4.79 Å². The van der Waals surface area contributed by atoms with Gasteiger partial charge in [-0.15, -0.1) is 0 Å². The van der Waals surface area contributed by atoms with E-state index in [0.717, 1.165) is 17.6 Å². The molecule has 0 unspecified atom stereocenters. The molecule has 1 nitrogen and oxygen atoms in total. The van der Waals surface area contributed by atoms with Gasteiger partial charge in [0.1, 0.15) is 6.29 Å². The molecule has 2 rings (SSSR count). The molecule has 1 aromatic rings. The summed E-state index contributed by atoms with van der Waals surface area (Å²) in [5.74, 6) is 1.14. The zero-order chi connectivity index (χ0) is 11.4. The van der Waals surface area contributed by atoms with Crippen molar-refractivity contribution in [1.29, 1.82) is 0 Å². The molecule has 0 aromatic heterocycles. The van der Waals surface area contributed by atoms with E-state index in [1.165, 1.54) is 31.2 Å². The van der Waals surface area contributed by atoms with E-state index in [0.29, 0.717) is 0 Å². The van der Waals surface area contributed by atoms with Crippen molar-refractivity contribution in [3.8, 4) is 0 Å². The lowest BCUT2D eigenvalue weighted by Gasteiger charge is -2.30. The van der Waals surface area contributed by atoms with Crippen molar-refractivity contribution in [2.75, 3.05) is 12.0 Å². The minimum absolute atomic E-state index is 0.261. The van der Waals surface area contributed by atoms with Crippen LogP contribution in [0, 0.1) is 0 Å². The largest absolute Gasteiger partial charge is 0.298 e. The highest BCUT2D eigenvalue weighted by Crippen LogP contribution is 2.43. The SMILES string of the molecule is CSCC1(c2ccccc2C=O)CCCC1. The van der Waals surface area contributed by atoms with Crippen molar-refractivity contribution < 1.29 is 4.79 Å². The van der Waals surface area contributed by atoms with Crippen molar-refractivity contribution in [3.63, 3.8) is 0 Å². The van der Waals surface area contributed by atoms with Crippen molar-refractivity contribution >= 4 is 18.0 Å². The lowest BCUT2D eigenvalue weighted by atomic mass is 9.78. The Labute approximate surface area is 102 Å². The Kier molecular flexibility index (Phi) is 3.70. The minimum Gasteiger partial charge on any atom is -0.298 e. The summed E-state index contributed by atoms with van der Waals surface area (Å²) in [6.45, 7) is 0. The predicted octanol–water partition coefficient (Wildman–Crippen LogP) is 3.67. The lowest BCUT2D eigenvalue weighted by molar-refractivity contribution is 0.112. The van der Waals surface area contributed by atoms with E-state index in [9.17, 15) is 4.79 Å². The van der Waals surface area contributed by atoms with Crippen LogP contribution in [0.25, 0.3) is 0 Å². The fourth-order valence-electron chi connectivity index (χ4n) is 2.90. The highest BCUT2D eigenvalue weighted by Gasteiger charge is 2.36. The molecule has 1 aliphatic carbocycles. The van der Waals surface area contributed by atoms with Gasteiger partial charge < -0.3 is 0 Å². The average molecular weight is 234 g/mol. The summed E-state index contributed by atoms with van der Waals surface area (Å²) in [5.41, 5.74) is 2.42. The molecule has 16 heavy (non-hydrogen) atoms. The van der Waals surface area contributed by atoms with Crippen LogP contribution < -0.4 is 0 Å². The average Bonchev–Trinajstić information content (AvgIpc) is 2.79. The quantitative estimate of drug-likeness (QED) is 0.739. The van der Waals surface area contributed by atoms with Crippen LogP contribution in [-0.4, -0.2) is 18.3 Å². The molecule has 0 saturated heterocycles. The third kappa shape index (κ3) is 2.03. The first-order chi connectivity index (χ1) is 7.82. The number of carbonyl (C=O) groups is 1. The Morgan fingerprint density at radius 3 is 2.62 bits per heavy atom. The number of aldehydes is 1. The van der Waals surface area contributed by atoms with Gasteiger partial charge in [0.25, 0.3) is 0 Å². The maximum Gasteiger partial charge on any atom is 0.150 e. The molecule has 1 aliphatic rings. The molecule has 1 saturated carbocycles. The van der Waals surface area contributed by atoms with E-state index < -0.39 is 0 Å². The first kappa shape index (κ1) is 11.7. The highest BCUT2D eigenvalue weighted by molar-refractivity contribution is 7.98. The topological polar surface area (TPSA) is 17.1 Å². The number of hydrogen-bond donors (Lipinski definition) is 0. The summed E-state index contributed by atoms with van der Waals surface area (Å²) in [7, 11) is 0. The third-order valence-corrected chi connectivity index (χ3v) is 4.48. The second kappa shape index (κ2) is 5.05. The molecular formula is C14H18OS. The zero-order valence-corrected chi connectivity index (χ0v) is 10.6. The van der Waals surface area contributed by atoms with E-state index >= 15 is 0 Å². The molecule has 0 radical (unpaired) electrons. The van der Waals surface area contributed by atoms with Crippen LogP contribution in [0.4, 0.5) is 0 Å². The highest BCUT2D eigenvalue weighted by atomic mass is 32.2. The first-order valence-corrected chi connectivity index (χ1v) is 7.25. The molecule has 1 fully saturated rings. The molecule has 0 N–H and O–H groups in total. The summed E-state index contributed by atoms with van der Waals surface area (Å²) < 4.78 is 0. The first-order valence-electron chi connectivity index (χ1n) is 5.86. The summed E-state index contributed by atoms with van der Waals surface area (Å²) in [6, 6.07) is 8.10. The van der Waals surface area contributed by atoms with Gasteiger partial charge in [0.2, 0.25) is 0 Å². The molecule has 0 bridgehead atoms. The van der Waals surface area contributed by atoms with Crippen LogP contribution in [0.3, 0.4) is 0 Å². The van der Waals surface area contributed by atoms with Gasteiger partial charge >= 0.3 is 0 Å². The molecular weight excluding hydrogens is 216 g/mol. The zero-order valence-electron chi connectivity index (χ0n) is 9.74. The Morgan fingerprint density at radius 1 is 1.31 bits per heavy atom. The van der Waals surface area contributed by atoms with Gasteiger partial charge in [0.15, 0.2) is 0 Å². The van der Waals surface area contributed by atoms with Crippen LogP contribution in [0.5, 0.6) is 0 Å². The van der Waals surface area contributed by atoms with E-state index in [1.807, 2.05) is 23.9 Å². The van der Waals surface area contributed by atoms with Crippen LogP contribution in [0.2, 0.25) is 0 Å². The van der Waals surface area contributed by atoms with E-state index in [1.54, 1.807) is 0 Å². The Balaban J connectivity index is 2.42. The number of rotatable bonds is 4. The van der Waals surface area contributed by atoms with Crippen LogP contribution in [-0.2, 0) is 5.41 Å². The van der Waals surface area contributed by atoms with E-state index in [2.05, 4.69) is 18.4 Å². The van der Waals surface area contributed by atoms with Crippen molar-refractivity contribution in [2.45, 2.75) is 31.1 Å². The number of carbonyl (C=O) groups excluding carboxylic acids is 1. The van der Waals surface area contributed by atoms with Gasteiger partial charge in [-0.1, -0.05) is 37.1 Å². The summed E-state index contributed by atoms with van der Waals surface area (Å²) in [5, 5.41) is 0. The van der Waals surface area contributed by atoms with Crippen molar-refractivity contribution in [2.24, 2.45) is 0 Å². The fourth-order valence-corrected chi connectivity index (χ4v) is 3.90. The number of hydrogen-bond acceptors (Lipinski definition) is 2. The summed E-state index contributed by atoms with van der Waals surface area (Å²) in [4.78, 5) is 11.1. The standard InChI is InChI=1S/C14H18OS/c1-16-11-14(8-4-5-9-14)13-7-3-2-6-12(13)10-15/h2-3,6-7,10H,4-5,8-9,11H2,1H3. The van der Waals surface area contributed by atoms with Crippen LogP contribution in [0.1, 0.15) is 41.6 Å². The minimum atomic E-state index is 0.261. The predicted molar refractivity (Wildman–Crippen MR) is 70.4 cm³/mol. The van der Waals surface area contributed by atoms with Crippen molar-refractivity contribution in [1.82, 2.24) is 0 Å². The second-order valence-corrected chi connectivity index (χ2v) is 5.49. The molecule has 0 spiro atoms. The maximum absolute atomic E-state index is 11.1. The Hall–Kier alpha value is -0.760. The van der Waals surface area contributed by atoms with Crippen LogP contribution in [0.15, 0.2) is 24.3 Å². The summed E-state index contributed by atoms with van der Waals surface area (Å²) in [6.07, 6.45) is 8.23. The molecule has 0 heterocycles.